The van der Waals surface area contributed by atoms with E-state index in [9.17, 15) is 0 Å². The van der Waals surface area contributed by atoms with Gasteiger partial charge in [-0.2, -0.15) is 5.10 Å². The molecule has 0 spiro atoms. The molecule has 0 amide bonds. The number of halogens is 1. The van der Waals surface area contributed by atoms with Crippen LogP contribution in [0.5, 0.6) is 0 Å². The average Bonchev–Trinajstić information content (AvgIpc) is 2.78. The minimum Gasteiger partial charge on any atom is -0.308 e. The van der Waals surface area contributed by atoms with Gasteiger partial charge in [-0.15, -0.1) is 0 Å². The summed E-state index contributed by atoms with van der Waals surface area (Å²) >= 11 is 6.36. The van der Waals surface area contributed by atoms with Crippen LogP contribution in [0.15, 0.2) is 0 Å². The Hall–Kier alpha value is -0.540. The molecule has 1 N–H and O–H groups in total. The lowest BCUT2D eigenvalue weighted by Gasteiger charge is -2.08. The number of aryl methyl sites for hydroxylation is 2. The molecule has 96 valence electrons. The molecule has 1 atom stereocenters. The van der Waals surface area contributed by atoms with Gasteiger partial charge in [0.15, 0.2) is 0 Å². The fraction of sp³-hybridized carbons (Fsp3) is 0.769. The van der Waals surface area contributed by atoms with Crippen molar-refractivity contribution in [1.29, 1.82) is 0 Å². The van der Waals surface area contributed by atoms with Gasteiger partial charge in [-0.25, -0.2) is 0 Å². The topological polar surface area (TPSA) is 29.9 Å². The third-order valence-electron chi connectivity index (χ3n) is 3.72. The Morgan fingerprint density at radius 1 is 1.47 bits per heavy atom. The van der Waals surface area contributed by atoms with Gasteiger partial charge >= 0.3 is 0 Å². The third kappa shape index (κ3) is 2.50. The molecule has 0 aliphatic heterocycles. The molecule has 0 aromatic carbocycles. The van der Waals surface area contributed by atoms with Crippen molar-refractivity contribution >= 4 is 11.6 Å². The standard InChI is InChI=1S/C13H22ClN3/c1-5-9-12(14)10(17(6-2)16-9)8-15-11-7-13(11,3)4/h11,15H,5-8H2,1-4H3. The fourth-order valence-corrected chi connectivity index (χ4v) is 2.56. The molecule has 1 fully saturated rings. The maximum atomic E-state index is 6.36. The Kier molecular flexibility index (Phi) is 3.50. The Bertz CT molecular complexity index is 409. The summed E-state index contributed by atoms with van der Waals surface area (Å²) < 4.78 is 2.02. The van der Waals surface area contributed by atoms with Crippen LogP contribution in [0.3, 0.4) is 0 Å². The van der Waals surface area contributed by atoms with E-state index in [1.165, 1.54) is 6.42 Å². The third-order valence-corrected chi connectivity index (χ3v) is 4.16. The maximum Gasteiger partial charge on any atom is 0.0863 e. The van der Waals surface area contributed by atoms with Gasteiger partial charge in [0.2, 0.25) is 0 Å². The predicted octanol–water partition coefficient (Wildman–Crippen LogP) is 3.01. The van der Waals surface area contributed by atoms with Crippen LogP contribution in [0, 0.1) is 5.41 Å². The average molecular weight is 256 g/mol. The van der Waals surface area contributed by atoms with Gasteiger partial charge in [-0.3, -0.25) is 4.68 Å². The monoisotopic (exact) mass is 255 g/mol. The second-order valence-corrected chi connectivity index (χ2v) is 5.88. The van der Waals surface area contributed by atoms with E-state index in [1.54, 1.807) is 0 Å². The van der Waals surface area contributed by atoms with E-state index in [1.807, 2.05) is 4.68 Å². The summed E-state index contributed by atoms with van der Waals surface area (Å²) in [6.45, 7) is 10.5. The zero-order valence-electron chi connectivity index (χ0n) is 11.2. The number of nitrogens with zero attached hydrogens (tertiary/aromatic N) is 2. The largest absolute Gasteiger partial charge is 0.308 e. The Morgan fingerprint density at radius 3 is 2.59 bits per heavy atom. The van der Waals surface area contributed by atoms with Crippen molar-refractivity contribution in [3.8, 4) is 0 Å². The Balaban J connectivity index is 2.06. The number of rotatable bonds is 5. The summed E-state index contributed by atoms with van der Waals surface area (Å²) in [5, 5.41) is 8.94. The van der Waals surface area contributed by atoms with E-state index < -0.39 is 0 Å². The van der Waals surface area contributed by atoms with Crippen molar-refractivity contribution in [1.82, 2.24) is 15.1 Å². The molecule has 4 heteroatoms. The lowest BCUT2D eigenvalue weighted by atomic mass is 10.2. The number of aromatic nitrogens is 2. The summed E-state index contributed by atoms with van der Waals surface area (Å²) in [6.07, 6.45) is 2.15. The van der Waals surface area contributed by atoms with Gasteiger partial charge in [-0.05, 0) is 25.2 Å². The zero-order valence-corrected chi connectivity index (χ0v) is 11.9. The van der Waals surface area contributed by atoms with E-state index in [0.29, 0.717) is 11.5 Å². The first kappa shape index (κ1) is 12.9. The van der Waals surface area contributed by atoms with Crippen LogP contribution in [-0.2, 0) is 19.5 Å². The summed E-state index contributed by atoms with van der Waals surface area (Å²) in [5.74, 6) is 0. The molecular weight excluding hydrogens is 234 g/mol. The van der Waals surface area contributed by atoms with Crippen molar-refractivity contribution in [3.05, 3.63) is 16.4 Å². The molecule has 1 saturated carbocycles. The molecule has 0 saturated heterocycles. The first-order valence-corrected chi connectivity index (χ1v) is 6.84. The normalized spacial score (nSPS) is 21.8. The lowest BCUT2D eigenvalue weighted by Crippen LogP contribution is -2.22. The van der Waals surface area contributed by atoms with E-state index in [-0.39, 0.29) is 0 Å². The summed E-state index contributed by atoms with van der Waals surface area (Å²) in [5.41, 5.74) is 2.60. The van der Waals surface area contributed by atoms with Gasteiger partial charge in [0.1, 0.15) is 0 Å². The lowest BCUT2D eigenvalue weighted by molar-refractivity contribution is 0.519. The van der Waals surface area contributed by atoms with Gasteiger partial charge in [0.25, 0.3) is 0 Å². The highest BCUT2D eigenvalue weighted by atomic mass is 35.5. The fourth-order valence-electron chi connectivity index (χ4n) is 2.22. The Labute approximate surface area is 109 Å². The molecule has 1 aromatic rings. The molecule has 0 radical (unpaired) electrons. The molecule has 2 rings (SSSR count). The van der Waals surface area contributed by atoms with Crippen LogP contribution in [0.25, 0.3) is 0 Å². The minimum absolute atomic E-state index is 0.455. The highest BCUT2D eigenvalue weighted by Gasteiger charge is 2.45. The molecule has 1 aromatic heterocycles. The van der Waals surface area contributed by atoms with Crippen LogP contribution < -0.4 is 5.32 Å². The van der Waals surface area contributed by atoms with Crippen LogP contribution >= 0.6 is 11.6 Å². The highest BCUT2D eigenvalue weighted by Crippen LogP contribution is 2.44. The molecule has 0 bridgehead atoms. The molecule has 1 heterocycles. The van der Waals surface area contributed by atoms with Gasteiger partial charge in [0, 0.05) is 19.1 Å². The zero-order chi connectivity index (χ0) is 12.6. The van der Waals surface area contributed by atoms with Gasteiger partial charge in [0.05, 0.1) is 16.4 Å². The van der Waals surface area contributed by atoms with Crippen molar-refractivity contribution in [2.24, 2.45) is 5.41 Å². The van der Waals surface area contributed by atoms with Crippen LogP contribution in [-0.4, -0.2) is 15.8 Å². The molecule has 17 heavy (non-hydrogen) atoms. The van der Waals surface area contributed by atoms with Gasteiger partial charge in [-0.1, -0.05) is 32.4 Å². The van der Waals surface area contributed by atoms with Crippen LogP contribution in [0.2, 0.25) is 5.02 Å². The smallest absolute Gasteiger partial charge is 0.0863 e. The number of nitrogens with one attached hydrogen (secondary N) is 1. The summed E-state index contributed by atoms with van der Waals surface area (Å²) in [4.78, 5) is 0. The van der Waals surface area contributed by atoms with Crippen LogP contribution in [0.4, 0.5) is 0 Å². The molecule has 1 aliphatic carbocycles. The molecule has 1 aliphatic rings. The molecule has 1 unspecified atom stereocenters. The van der Waals surface area contributed by atoms with Crippen molar-refractivity contribution < 1.29 is 0 Å². The second kappa shape index (κ2) is 4.62. The number of hydrogen-bond acceptors (Lipinski definition) is 2. The van der Waals surface area contributed by atoms with Crippen molar-refractivity contribution in [3.63, 3.8) is 0 Å². The maximum absolute atomic E-state index is 6.36. The summed E-state index contributed by atoms with van der Waals surface area (Å²) in [7, 11) is 0. The predicted molar refractivity (Wildman–Crippen MR) is 71.3 cm³/mol. The van der Waals surface area contributed by atoms with Crippen LogP contribution in [0.1, 0.15) is 45.5 Å². The quantitative estimate of drug-likeness (QED) is 0.877. The molecule has 3 nitrogen and oxygen atoms in total. The first-order valence-electron chi connectivity index (χ1n) is 6.47. The van der Waals surface area contributed by atoms with Crippen molar-refractivity contribution in [2.75, 3.05) is 0 Å². The Morgan fingerprint density at radius 2 is 2.12 bits per heavy atom. The van der Waals surface area contributed by atoms with E-state index in [0.717, 1.165) is 35.9 Å². The van der Waals surface area contributed by atoms with Crippen molar-refractivity contribution in [2.45, 2.75) is 59.7 Å². The second-order valence-electron chi connectivity index (χ2n) is 5.50. The highest BCUT2D eigenvalue weighted by molar-refractivity contribution is 6.31. The first-order chi connectivity index (χ1) is 7.99. The minimum atomic E-state index is 0.455. The van der Waals surface area contributed by atoms with E-state index in [2.05, 4.69) is 38.1 Å². The number of hydrogen-bond donors (Lipinski definition) is 1. The van der Waals surface area contributed by atoms with Gasteiger partial charge < -0.3 is 5.32 Å². The summed E-state index contributed by atoms with van der Waals surface area (Å²) in [6, 6.07) is 0.629. The van der Waals surface area contributed by atoms with E-state index in [4.69, 9.17) is 11.6 Å². The van der Waals surface area contributed by atoms with E-state index >= 15 is 0 Å². The SMILES string of the molecule is CCc1nn(CC)c(CNC2CC2(C)C)c1Cl. The molecular formula is C13H22ClN3.